The van der Waals surface area contributed by atoms with Crippen LogP contribution in [0.5, 0.6) is 0 Å². The van der Waals surface area contributed by atoms with Crippen molar-refractivity contribution >= 4 is 27.2 Å². The van der Waals surface area contributed by atoms with Crippen LogP contribution in [0.15, 0.2) is 29.6 Å². The first-order valence-corrected chi connectivity index (χ1v) is 6.89. The van der Waals surface area contributed by atoms with Crippen LogP contribution < -0.4 is 5.32 Å². The van der Waals surface area contributed by atoms with Gasteiger partial charge in [0.15, 0.2) is 5.78 Å². The van der Waals surface area contributed by atoms with Gasteiger partial charge in [0.1, 0.15) is 0 Å². The highest BCUT2D eigenvalue weighted by atomic mass is 32.1. The van der Waals surface area contributed by atoms with E-state index in [1.807, 2.05) is 32.0 Å². The maximum absolute atomic E-state index is 12.3. The summed E-state index contributed by atoms with van der Waals surface area (Å²) in [5.74, 6) is 0.199. The van der Waals surface area contributed by atoms with Crippen LogP contribution in [0.3, 0.4) is 0 Å². The van der Waals surface area contributed by atoms with Crippen molar-refractivity contribution in [1.82, 2.24) is 5.32 Å². The molecule has 0 saturated carbocycles. The number of fused-ring (bicyclic) bond motifs is 1. The Balaban J connectivity index is 2.28. The molecule has 2 rings (SSSR count). The van der Waals surface area contributed by atoms with Gasteiger partial charge in [0.25, 0.3) is 0 Å². The van der Waals surface area contributed by atoms with Gasteiger partial charge < -0.3 is 5.32 Å². The number of hydrogen-bond donors (Lipinski definition) is 1. The van der Waals surface area contributed by atoms with E-state index < -0.39 is 0 Å². The Morgan fingerprint density at radius 2 is 2.18 bits per heavy atom. The van der Waals surface area contributed by atoms with Crippen molar-refractivity contribution in [3.63, 3.8) is 0 Å². The number of nitrogens with one attached hydrogen (secondary N) is 1. The Bertz CT molecular complexity index is 518. The maximum atomic E-state index is 12.3. The highest BCUT2D eigenvalue weighted by molar-refractivity contribution is 7.17. The molecule has 0 aliphatic heterocycles. The van der Waals surface area contributed by atoms with E-state index in [4.69, 9.17) is 0 Å². The molecule has 0 bridgehead atoms. The van der Waals surface area contributed by atoms with E-state index in [0.29, 0.717) is 0 Å². The molecule has 2 aromatic rings. The number of carbonyl (C=O) groups excluding carboxylic acids is 1. The van der Waals surface area contributed by atoms with E-state index in [1.54, 1.807) is 11.3 Å². The van der Waals surface area contributed by atoms with Crippen molar-refractivity contribution in [2.24, 2.45) is 0 Å². The number of ketones is 1. The quantitative estimate of drug-likeness (QED) is 0.820. The second-order valence-electron chi connectivity index (χ2n) is 4.06. The van der Waals surface area contributed by atoms with Gasteiger partial charge in [-0.1, -0.05) is 26.0 Å². The van der Waals surface area contributed by atoms with Crippen LogP contribution in [0.1, 0.15) is 30.6 Å². The first-order valence-electron chi connectivity index (χ1n) is 6.01. The average Bonchev–Trinajstić information content (AvgIpc) is 2.82. The lowest BCUT2D eigenvalue weighted by molar-refractivity contribution is 0.0942. The largest absolute Gasteiger partial charge is 0.307 e. The third kappa shape index (κ3) is 2.56. The van der Waals surface area contributed by atoms with Gasteiger partial charge >= 0.3 is 0 Å². The lowest BCUT2D eigenvalue weighted by Crippen LogP contribution is -2.35. The van der Waals surface area contributed by atoms with Crippen LogP contribution in [0.2, 0.25) is 0 Å². The summed E-state index contributed by atoms with van der Waals surface area (Å²) >= 11 is 1.68. The van der Waals surface area contributed by atoms with Gasteiger partial charge in [0.2, 0.25) is 0 Å². The number of likely N-dealkylation sites (N-methyl/N-ethyl adjacent to an activating group) is 1. The molecule has 90 valence electrons. The number of rotatable bonds is 5. The molecule has 3 heteroatoms. The molecule has 0 amide bonds. The molecule has 0 aliphatic carbocycles. The predicted octanol–water partition coefficient (Wildman–Crippen LogP) is 3.47. The fourth-order valence-corrected chi connectivity index (χ4v) is 2.81. The van der Waals surface area contributed by atoms with Gasteiger partial charge in [-0.2, -0.15) is 0 Å². The lowest BCUT2D eigenvalue weighted by atomic mass is 10.0. The van der Waals surface area contributed by atoms with E-state index in [1.165, 1.54) is 10.1 Å². The van der Waals surface area contributed by atoms with Crippen molar-refractivity contribution < 1.29 is 4.79 Å². The summed E-state index contributed by atoms with van der Waals surface area (Å²) in [6.07, 6.45) is 0.829. The summed E-state index contributed by atoms with van der Waals surface area (Å²) in [5.41, 5.74) is 0.813. The first kappa shape index (κ1) is 12.3. The smallest absolute Gasteiger partial charge is 0.179 e. The zero-order chi connectivity index (χ0) is 12.3. The summed E-state index contributed by atoms with van der Waals surface area (Å²) in [6, 6.07) is 7.98. The standard InChI is InChI=1S/C14H17NOS/c1-3-12(15-4-2)14(16)11-6-5-10-7-8-17-13(10)9-11/h5-9,12,15H,3-4H2,1-2H3. The van der Waals surface area contributed by atoms with Crippen molar-refractivity contribution in [3.05, 3.63) is 35.2 Å². The number of thiophene rings is 1. The minimum absolute atomic E-state index is 0.0580. The van der Waals surface area contributed by atoms with E-state index in [-0.39, 0.29) is 11.8 Å². The van der Waals surface area contributed by atoms with Gasteiger partial charge in [-0.25, -0.2) is 0 Å². The maximum Gasteiger partial charge on any atom is 0.179 e. The van der Waals surface area contributed by atoms with Crippen LogP contribution in [0.4, 0.5) is 0 Å². The zero-order valence-electron chi connectivity index (χ0n) is 10.2. The second kappa shape index (κ2) is 5.43. The molecule has 1 aromatic carbocycles. The number of benzene rings is 1. The molecule has 1 atom stereocenters. The van der Waals surface area contributed by atoms with Crippen LogP contribution in [0.25, 0.3) is 10.1 Å². The van der Waals surface area contributed by atoms with Crippen LogP contribution in [0, 0.1) is 0 Å². The SMILES string of the molecule is CCNC(CC)C(=O)c1ccc2ccsc2c1. The summed E-state index contributed by atoms with van der Waals surface area (Å²) in [5, 5.41) is 6.49. The lowest BCUT2D eigenvalue weighted by Gasteiger charge is -2.14. The minimum atomic E-state index is -0.0580. The Labute approximate surface area is 106 Å². The van der Waals surface area contributed by atoms with E-state index in [2.05, 4.69) is 16.8 Å². The Morgan fingerprint density at radius 1 is 1.35 bits per heavy atom. The molecule has 0 spiro atoms. The Hall–Kier alpha value is -1.19. The van der Waals surface area contributed by atoms with E-state index >= 15 is 0 Å². The highest BCUT2D eigenvalue weighted by Crippen LogP contribution is 2.22. The third-order valence-electron chi connectivity index (χ3n) is 2.92. The molecular weight excluding hydrogens is 230 g/mol. The minimum Gasteiger partial charge on any atom is -0.307 e. The second-order valence-corrected chi connectivity index (χ2v) is 5.00. The molecule has 1 heterocycles. The zero-order valence-corrected chi connectivity index (χ0v) is 11.0. The van der Waals surface area contributed by atoms with Crippen LogP contribution in [-0.2, 0) is 0 Å². The van der Waals surface area contributed by atoms with Crippen LogP contribution >= 0.6 is 11.3 Å². The monoisotopic (exact) mass is 247 g/mol. The predicted molar refractivity (Wildman–Crippen MR) is 73.9 cm³/mol. The number of hydrogen-bond acceptors (Lipinski definition) is 3. The van der Waals surface area contributed by atoms with Crippen molar-refractivity contribution in [3.8, 4) is 0 Å². The molecule has 1 unspecified atom stereocenters. The van der Waals surface area contributed by atoms with E-state index in [0.717, 1.165) is 18.5 Å². The van der Waals surface area contributed by atoms with Gasteiger partial charge in [0, 0.05) is 10.3 Å². The normalized spacial score (nSPS) is 12.8. The van der Waals surface area contributed by atoms with Gasteiger partial charge in [0.05, 0.1) is 6.04 Å². The van der Waals surface area contributed by atoms with Gasteiger partial charge in [-0.3, -0.25) is 4.79 Å². The molecule has 0 saturated heterocycles. The first-order chi connectivity index (χ1) is 8.26. The molecule has 17 heavy (non-hydrogen) atoms. The summed E-state index contributed by atoms with van der Waals surface area (Å²) in [7, 11) is 0. The molecule has 2 nitrogen and oxygen atoms in total. The topological polar surface area (TPSA) is 29.1 Å². The highest BCUT2D eigenvalue weighted by Gasteiger charge is 2.17. The third-order valence-corrected chi connectivity index (χ3v) is 3.80. The number of carbonyl (C=O) groups is 1. The van der Waals surface area contributed by atoms with Crippen molar-refractivity contribution in [2.75, 3.05) is 6.54 Å². The number of Topliss-reactive ketones (excluding diaryl/α,β-unsaturated/α-hetero) is 1. The Kier molecular flexibility index (Phi) is 3.92. The Morgan fingerprint density at radius 3 is 2.88 bits per heavy atom. The molecule has 0 fully saturated rings. The average molecular weight is 247 g/mol. The van der Waals surface area contributed by atoms with Crippen molar-refractivity contribution in [1.29, 1.82) is 0 Å². The van der Waals surface area contributed by atoms with E-state index in [9.17, 15) is 4.79 Å². The summed E-state index contributed by atoms with van der Waals surface area (Å²) < 4.78 is 1.18. The van der Waals surface area contributed by atoms with Crippen LogP contribution in [-0.4, -0.2) is 18.4 Å². The molecule has 1 N–H and O–H groups in total. The summed E-state index contributed by atoms with van der Waals surface area (Å²) in [6.45, 7) is 4.89. The van der Waals surface area contributed by atoms with Gasteiger partial charge in [-0.05, 0) is 35.9 Å². The van der Waals surface area contributed by atoms with Gasteiger partial charge in [-0.15, -0.1) is 11.3 Å². The molecule has 0 radical (unpaired) electrons. The summed E-state index contributed by atoms with van der Waals surface area (Å²) in [4.78, 5) is 12.3. The molecular formula is C14H17NOS. The molecule has 1 aromatic heterocycles. The molecule has 0 aliphatic rings. The fraction of sp³-hybridized carbons (Fsp3) is 0.357. The fourth-order valence-electron chi connectivity index (χ4n) is 1.98. The van der Waals surface area contributed by atoms with Crippen molar-refractivity contribution in [2.45, 2.75) is 26.3 Å².